The summed E-state index contributed by atoms with van der Waals surface area (Å²) >= 11 is 0. The van der Waals surface area contributed by atoms with E-state index in [1.807, 2.05) is 47.6 Å². The van der Waals surface area contributed by atoms with Gasteiger partial charge < -0.3 is 4.74 Å². The molecule has 5 nitrogen and oxygen atoms in total. The van der Waals surface area contributed by atoms with E-state index in [1.54, 1.807) is 37.4 Å². The van der Waals surface area contributed by atoms with E-state index < -0.39 is 10.0 Å². The van der Waals surface area contributed by atoms with Gasteiger partial charge >= 0.3 is 0 Å². The van der Waals surface area contributed by atoms with Crippen molar-refractivity contribution < 1.29 is 13.2 Å². The summed E-state index contributed by atoms with van der Waals surface area (Å²) in [5.74, 6) is 0.508. The number of rotatable bonds is 4. The predicted molar refractivity (Wildman–Crippen MR) is 116 cm³/mol. The molecule has 28 heavy (non-hydrogen) atoms. The van der Waals surface area contributed by atoms with Gasteiger partial charge in [-0.15, -0.1) is 0 Å². The smallest absolute Gasteiger partial charge is 0.264 e. The number of aryl methyl sites for hydroxylation is 1. The highest BCUT2D eigenvalue weighted by Crippen LogP contribution is 2.34. The molecule has 2 aromatic carbocycles. The third-order valence-corrected chi connectivity index (χ3v) is 6.64. The lowest BCUT2D eigenvalue weighted by Gasteiger charge is -2.26. The van der Waals surface area contributed by atoms with Crippen LogP contribution in [-0.2, 0) is 14.8 Å². The lowest BCUT2D eigenvalue weighted by molar-refractivity contribution is 0.324. The summed E-state index contributed by atoms with van der Waals surface area (Å²) < 4.78 is 33.4. The Hall–Kier alpha value is -2.34. The molecule has 3 rings (SSSR count). The van der Waals surface area contributed by atoms with E-state index in [9.17, 15) is 8.42 Å². The first-order valence-corrected chi connectivity index (χ1v) is 11.0. The van der Waals surface area contributed by atoms with Gasteiger partial charge in [-0.2, -0.15) is 0 Å². The Morgan fingerprint density at radius 1 is 1.07 bits per heavy atom. The highest BCUT2D eigenvalue weighted by molar-refractivity contribution is 7.92. The van der Waals surface area contributed by atoms with Crippen LogP contribution in [0.1, 0.15) is 43.0 Å². The summed E-state index contributed by atoms with van der Waals surface area (Å²) in [6.45, 7) is 12.4. The molecule has 152 valence electrons. The second kappa shape index (κ2) is 8.78. The first-order valence-electron chi connectivity index (χ1n) is 9.59. The van der Waals surface area contributed by atoms with Crippen LogP contribution in [0.15, 0.2) is 46.3 Å². The molecule has 0 aliphatic carbocycles. The number of nitrogens with zero attached hydrogens (tertiary/aromatic N) is 2. The number of hydrogen-bond acceptors (Lipinski definition) is 4. The summed E-state index contributed by atoms with van der Waals surface area (Å²) in [6, 6.07) is 10.5. The fourth-order valence-corrected chi connectivity index (χ4v) is 4.42. The zero-order valence-electron chi connectivity index (χ0n) is 17.8. The number of benzene rings is 2. The van der Waals surface area contributed by atoms with Gasteiger partial charge in [-0.25, -0.2) is 13.4 Å². The van der Waals surface area contributed by atoms with Crippen LogP contribution in [0.4, 0.5) is 5.69 Å². The van der Waals surface area contributed by atoms with Crippen molar-refractivity contribution in [2.45, 2.75) is 52.5 Å². The maximum Gasteiger partial charge on any atom is 0.264 e. The Morgan fingerprint density at radius 2 is 1.68 bits per heavy atom. The molecule has 1 atom stereocenters. The van der Waals surface area contributed by atoms with Gasteiger partial charge in [0.2, 0.25) is 5.90 Å². The summed E-state index contributed by atoms with van der Waals surface area (Å²) in [6.07, 6.45) is 0. The van der Waals surface area contributed by atoms with Crippen LogP contribution in [0.3, 0.4) is 0 Å². The third-order valence-electron chi connectivity index (χ3n) is 4.87. The Kier molecular flexibility index (Phi) is 6.88. The van der Waals surface area contributed by atoms with Crippen molar-refractivity contribution in [3.63, 3.8) is 0 Å². The van der Waals surface area contributed by atoms with Crippen molar-refractivity contribution in [3.8, 4) is 0 Å². The van der Waals surface area contributed by atoms with Crippen LogP contribution >= 0.6 is 0 Å². The van der Waals surface area contributed by atoms with Crippen molar-refractivity contribution >= 4 is 21.6 Å². The lowest BCUT2D eigenvalue weighted by atomic mass is 9.97. The first-order chi connectivity index (χ1) is 13.2. The monoisotopic (exact) mass is 402 g/mol. The quantitative estimate of drug-likeness (QED) is 0.749. The van der Waals surface area contributed by atoms with Crippen molar-refractivity contribution in [1.29, 1.82) is 0 Å². The molecule has 0 fully saturated rings. The highest BCUT2D eigenvalue weighted by atomic mass is 32.2. The van der Waals surface area contributed by atoms with Crippen molar-refractivity contribution in [3.05, 3.63) is 58.7 Å². The molecule has 1 aliphatic heterocycles. The summed E-state index contributed by atoms with van der Waals surface area (Å²) in [7, 11) is -2.10. The van der Waals surface area contributed by atoms with E-state index in [2.05, 4.69) is 4.99 Å². The van der Waals surface area contributed by atoms with Gasteiger partial charge in [0.05, 0.1) is 22.2 Å². The van der Waals surface area contributed by atoms with Gasteiger partial charge in [0, 0.05) is 7.05 Å². The molecule has 2 aromatic rings. The molecule has 1 aliphatic rings. The molecule has 0 saturated carbocycles. The Labute approximate surface area is 169 Å². The number of anilines is 1. The standard InChI is InChI=1S/C20H24N2O3S.C2H6/c1-13-11-18(20-21-14(2)12-25-20)19(16(4)15(13)3)22(5)26(23,24)17-9-7-6-8-10-17;1-2/h6-11,14H,12H2,1-5H3;1-2H3/t14-;/m0./s1. The number of aliphatic imine (C=N–C) groups is 1. The molecule has 0 unspecified atom stereocenters. The molecular formula is C22H30N2O3S. The van der Waals surface area contributed by atoms with Gasteiger partial charge in [0.25, 0.3) is 10.0 Å². The molecule has 1 heterocycles. The minimum Gasteiger partial charge on any atom is -0.475 e. The molecule has 0 amide bonds. The molecule has 0 spiro atoms. The fraction of sp³-hybridized carbons (Fsp3) is 0.409. The second-order valence-electron chi connectivity index (χ2n) is 6.72. The number of hydrogen-bond donors (Lipinski definition) is 0. The zero-order valence-corrected chi connectivity index (χ0v) is 18.6. The van der Waals surface area contributed by atoms with E-state index in [4.69, 9.17) is 4.74 Å². The van der Waals surface area contributed by atoms with Gasteiger partial charge in [0.1, 0.15) is 6.61 Å². The molecule has 0 aromatic heterocycles. The van der Waals surface area contributed by atoms with Gasteiger partial charge in [-0.1, -0.05) is 32.0 Å². The van der Waals surface area contributed by atoms with Crippen molar-refractivity contribution in [2.75, 3.05) is 18.0 Å². The normalized spacial score (nSPS) is 16.0. The van der Waals surface area contributed by atoms with Crippen molar-refractivity contribution in [2.24, 2.45) is 4.99 Å². The lowest BCUT2D eigenvalue weighted by Crippen LogP contribution is -2.29. The molecule has 0 bridgehead atoms. The fourth-order valence-electron chi connectivity index (χ4n) is 3.13. The molecular weight excluding hydrogens is 372 g/mol. The average molecular weight is 403 g/mol. The van der Waals surface area contributed by atoms with E-state index in [0.717, 1.165) is 22.3 Å². The minimum atomic E-state index is -3.69. The number of sulfonamides is 1. The Morgan fingerprint density at radius 3 is 2.21 bits per heavy atom. The summed E-state index contributed by atoms with van der Waals surface area (Å²) in [5, 5.41) is 0. The predicted octanol–water partition coefficient (Wildman–Crippen LogP) is 4.63. The first kappa shape index (κ1) is 22.0. The van der Waals surface area contributed by atoms with Gasteiger partial charge in [-0.05, 0) is 62.6 Å². The topological polar surface area (TPSA) is 59.0 Å². The Bertz CT molecular complexity index is 967. The maximum atomic E-state index is 13.2. The van der Waals surface area contributed by atoms with Crippen LogP contribution in [0.25, 0.3) is 0 Å². The SMILES string of the molecule is CC.Cc1cc(C2=N[C@@H](C)CO2)c(N(C)S(=O)(=O)c2ccccc2)c(C)c1C. The summed E-state index contributed by atoms with van der Waals surface area (Å²) in [4.78, 5) is 4.80. The largest absolute Gasteiger partial charge is 0.475 e. The van der Waals surface area contributed by atoms with E-state index in [0.29, 0.717) is 18.2 Å². The van der Waals surface area contributed by atoms with E-state index in [1.165, 1.54) is 4.31 Å². The van der Waals surface area contributed by atoms with E-state index >= 15 is 0 Å². The van der Waals surface area contributed by atoms with Crippen LogP contribution in [0.2, 0.25) is 0 Å². The van der Waals surface area contributed by atoms with Crippen LogP contribution < -0.4 is 4.31 Å². The zero-order chi connectivity index (χ0) is 21.1. The van der Waals surface area contributed by atoms with Crippen LogP contribution in [-0.4, -0.2) is 34.0 Å². The van der Waals surface area contributed by atoms with Gasteiger partial charge in [0.15, 0.2) is 0 Å². The van der Waals surface area contributed by atoms with Crippen molar-refractivity contribution in [1.82, 2.24) is 0 Å². The molecule has 6 heteroatoms. The average Bonchev–Trinajstić information content (AvgIpc) is 3.14. The molecule has 0 N–H and O–H groups in total. The van der Waals surface area contributed by atoms with E-state index in [-0.39, 0.29) is 10.9 Å². The van der Waals surface area contributed by atoms with Crippen LogP contribution in [0, 0.1) is 20.8 Å². The number of ether oxygens (including phenoxy) is 1. The second-order valence-corrected chi connectivity index (χ2v) is 8.69. The maximum absolute atomic E-state index is 13.2. The third kappa shape index (κ3) is 4.07. The highest BCUT2D eigenvalue weighted by Gasteiger charge is 2.29. The Balaban J connectivity index is 0.00000136. The molecule has 0 saturated heterocycles. The molecule has 0 radical (unpaired) electrons. The van der Waals surface area contributed by atoms with Crippen LogP contribution in [0.5, 0.6) is 0 Å². The summed E-state index contributed by atoms with van der Waals surface area (Å²) in [5.41, 5.74) is 4.39. The van der Waals surface area contributed by atoms with Gasteiger partial charge in [-0.3, -0.25) is 4.31 Å². The minimum absolute atomic E-state index is 0.0656.